The van der Waals surface area contributed by atoms with Crippen LogP contribution >= 0.6 is 11.3 Å². The molecule has 0 fully saturated rings. The average molecular weight is 417 g/mol. The van der Waals surface area contributed by atoms with Crippen LogP contribution in [0.3, 0.4) is 0 Å². The Morgan fingerprint density at radius 2 is 1.86 bits per heavy atom. The highest BCUT2D eigenvalue weighted by molar-refractivity contribution is 7.08. The molecule has 0 aliphatic carbocycles. The molecule has 1 N–H and O–H groups in total. The van der Waals surface area contributed by atoms with E-state index in [1.54, 1.807) is 18.2 Å². The third-order valence-corrected chi connectivity index (χ3v) is 4.96. The summed E-state index contributed by atoms with van der Waals surface area (Å²) in [6.45, 7) is 10.6. The number of carbonyl (C=O) groups excluding carboxylic acids is 1. The Morgan fingerprint density at radius 3 is 2.45 bits per heavy atom. The van der Waals surface area contributed by atoms with Gasteiger partial charge in [-0.25, -0.2) is 0 Å². The summed E-state index contributed by atoms with van der Waals surface area (Å²) in [4.78, 5) is 13.4. The maximum atomic E-state index is 13.4. The maximum absolute atomic E-state index is 13.4. The van der Waals surface area contributed by atoms with Crippen molar-refractivity contribution in [2.24, 2.45) is 0 Å². The maximum Gasteiger partial charge on any atom is 0.197 e. The first-order valence-electron chi connectivity index (χ1n) is 9.59. The van der Waals surface area contributed by atoms with Gasteiger partial charge in [0.1, 0.15) is 24.7 Å². The van der Waals surface area contributed by atoms with Crippen LogP contribution in [-0.2, 0) is 17.6 Å². The van der Waals surface area contributed by atoms with Crippen LogP contribution in [0.25, 0.3) is 0 Å². The molecule has 0 saturated heterocycles. The minimum absolute atomic E-state index is 0.0441. The van der Waals surface area contributed by atoms with E-state index in [0.717, 1.165) is 11.1 Å². The Morgan fingerprint density at radius 1 is 1.14 bits per heavy atom. The highest BCUT2D eigenvalue weighted by Gasteiger charge is 2.25. The second-order valence-corrected chi connectivity index (χ2v) is 6.97. The first-order chi connectivity index (χ1) is 14.2. The van der Waals surface area contributed by atoms with Crippen LogP contribution in [0.5, 0.6) is 11.5 Å². The molecule has 0 bridgehead atoms. The van der Waals surface area contributed by atoms with E-state index >= 15 is 0 Å². The van der Waals surface area contributed by atoms with Crippen molar-refractivity contribution in [1.82, 2.24) is 0 Å². The molecule has 0 amide bonds. The highest BCUT2D eigenvalue weighted by atomic mass is 32.1. The van der Waals surface area contributed by atoms with Crippen molar-refractivity contribution in [3.05, 3.63) is 70.5 Å². The van der Waals surface area contributed by atoms with Crippen LogP contribution < -0.4 is 9.47 Å². The van der Waals surface area contributed by atoms with Gasteiger partial charge in [0.2, 0.25) is 0 Å². The van der Waals surface area contributed by atoms with Gasteiger partial charge in [0, 0.05) is 17.0 Å². The van der Waals surface area contributed by atoms with Crippen LogP contribution in [0.2, 0.25) is 0 Å². The quantitative estimate of drug-likeness (QED) is 0.284. The molecular weight excluding hydrogens is 388 g/mol. The predicted octanol–water partition coefficient (Wildman–Crippen LogP) is 4.22. The standard InChI is InChI=1S/C23H28O5S/c1-4-10-27-20-15-21(28-11-5-2)22(23(25)17-8-14-29-16-17)19(18(20)6-3)7-12-26-13-9-24/h4-5,8,14-16,24H,1-2,6-7,9-13H2,3H3. The number of carbonyl (C=O) groups is 1. The Hall–Kier alpha value is -2.41. The molecule has 156 valence electrons. The molecule has 0 unspecified atom stereocenters. The molecular formula is C23H28O5S. The second-order valence-electron chi connectivity index (χ2n) is 6.18. The van der Waals surface area contributed by atoms with E-state index in [1.807, 2.05) is 23.8 Å². The Labute approximate surface area is 176 Å². The van der Waals surface area contributed by atoms with Crippen LogP contribution in [0.4, 0.5) is 0 Å². The molecule has 2 aromatic rings. The van der Waals surface area contributed by atoms with Gasteiger partial charge >= 0.3 is 0 Å². The van der Waals surface area contributed by atoms with Gasteiger partial charge in [-0.2, -0.15) is 11.3 Å². The van der Waals surface area contributed by atoms with Crippen LogP contribution in [0.1, 0.15) is 34.0 Å². The van der Waals surface area contributed by atoms with Gasteiger partial charge in [-0.3, -0.25) is 4.79 Å². The fourth-order valence-corrected chi connectivity index (χ4v) is 3.69. The topological polar surface area (TPSA) is 65.0 Å². The summed E-state index contributed by atoms with van der Waals surface area (Å²) in [6, 6.07) is 3.59. The first-order valence-corrected chi connectivity index (χ1v) is 10.5. The largest absolute Gasteiger partial charge is 0.489 e. The smallest absolute Gasteiger partial charge is 0.197 e. The van der Waals surface area contributed by atoms with Gasteiger partial charge in [0.05, 0.1) is 25.4 Å². The number of ketones is 1. The Bertz CT molecular complexity index is 811. The number of rotatable bonds is 14. The van der Waals surface area contributed by atoms with Gasteiger partial charge in [0.15, 0.2) is 5.78 Å². The zero-order chi connectivity index (χ0) is 21.1. The second kappa shape index (κ2) is 12.2. The molecule has 1 heterocycles. The number of ether oxygens (including phenoxy) is 3. The summed E-state index contributed by atoms with van der Waals surface area (Å²) in [5.74, 6) is 1.05. The zero-order valence-corrected chi connectivity index (χ0v) is 17.6. The number of aliphatic hydroxyl groups is 1. The van der Waals surface area contributed by atoms with Crippen molar-refractivity contribution in [1.29, 1.82) is 0 Å². The monoisotopic (exact) mass is 416 g/mol. The molecule has 0 aliphatic heterocycles. The summed E-state index contributed by atoms with van der Waals surface area (Å²) in [6.07, 6.45) is 4.51. The first kappa shape index (κ1) is 22.9. The average Bonchev–Trinajstić information content (AvgIpc) is 3.27. The van der Waals surface area contributed by atoms with Gasteiger partial charge in [-0.15, -0.1) is 0 Å². The number of benzene rings is 1. The molecule has 6 heteroatoms. The third kappa shape index (κ3) is 6.03. The molecule has 0 aliphatic rings. The van der Waals surface area contributed by atoms with Gasteiger partial charge in [-0.05, 0) is 35.4 Å². The lowest BCUT2D eigenvalue weighted by Gasteiger charge is -2.21. The molecule has 0 spiro atoms. The van der Waals surface area contributed by atoms with E-state index < -0.39 is 0 Å². The van der Waals surface area contributed by atoms with Gasteiger partial charge in [0.25, 0.3) is 0 Å². The molecule has 1 aromatic carbocycles. The minimum Gasteiger partial charge on any atom is -0.489 e. The minimum atomic E-state index is -0.0903. The van der Waals surface area contributed by atoms with E-state index in [2.05, 4.69) is 13.2 Å². The highest BCUT2D eigenvalue weighted by Crippen LogP contribution is 2.37. The van der Waals surface area contributed by atoms with Crippen molar-refractivity contribution >= 4 is 17.1 Å². The molecule has 0 radical (unpaired) electrons. The summed E-state index contributed by atoms with van der Waals surface area (Å²) in [7, 11) is 0. The van der Waals surface area contributed by atoms with Crippen molar-refractivity contribution in [2.75, 3.05) is 33.0 Å². The van der Waals surface area contributed by atoms with Gasteiger partial charge < -0.3 is 19.3 Å². The van der Waals surface area contributed by atoms with Crippen molar-refractivity contribution in [2.45, 2.75) is 19.8 Å². The van der Waals surface area contributed by atoms with Gasteiger partial charge in [-0.1, -0.05) is 32.2 Å². The number of thiophene rings is 1. The molecule has 1 aromatic heterocycles. The molecule has 0 saturated carbocycles. The number of hydrogen-bond donors (Lipinski definition) is 1. The summed E-state index contributed by atoms with van der Waals surface area (Å²) < 4.78 is 17.2. The predicted molar refractivity (Wildman–Crippen MR) is 117 cm³/mol. The van der Waals surface area contributed by atoms with E-state index in [0.29, 0.717) is 48.7 Å². The van der Waals surface area contributed by atoms with Crippen LogP contribution in [0, 0.1) is 0 Å². The lowest BCUT2D eigenvalue weighted by Crippen LogP contribution is -2.15. The summed E-state index contributed by atoms with van der Waals surface area (Å²) in [5.41, 5.74) is 2.95. The fourth-order valence-electron chi connectivity index (χ4n) is 3.06. The summed E-state index contributed by atoms with van der Waals surface area (Å²) in [5, 5.41) is 12.7. The lowest BCUT2D eigenvalue weighted by atomic mass is 9.90. The van der Waals surface area contributed by atoms with E-state index in [9.17, 15) is 4.79 Å². The zero-order valence-electron chi connectivity index (χ0n) is 16.8. The Kier molecular flexibility index (Phi) is 9.64. The molecule has 5 nitrogen and oxygen atoms in total. The Balaban J connectivity index is 2.60. The van der Waals surface area contributed by atoms with Crippen molar-refractivity contribution in [3.8, 4) is 11.5 Å². The molecule has 29 heavy (non-hydrogen) atoms. The lowest BCUT2D eigenvalue weighted by molar-refractivity contribution is 0.0937. The van der Waals surface area contributed by atoms with Crippen LogP contribution in [0.15, 0.2) is 48.2 Å². The van der Waals surface area contributed by atoms with Crippen LogP contribution in [-0.4, -0.2) is 43.9 Å². The van der Waals surface area contributed by atoms with Crippen molar-refractivity contribution < 1.29 is 24.1 Å². The third-order valence-electron chi connectivity index (χ3n) is 4.28. The van der Waals surface area contributed by atoms with E-state index in [4.69, 9.17) is 19.3 Å². The number of hydrogen-bond acceptors (Lipinski definition) is 6. The molecule has 2 rings (SSSR count). The number of aliphatic hydroxyl groups excluding tert-OH is 1. The van der Waals surface area contributed by atoms with E-state index in [-0.39, 0.29) is 25.6 Å². The summed E-state index contributed by atoms with van der Waals surface area (Å²) >= 11 is 1.47. The normalized spacial score (nSPS) is 10.6. The van der Waals surface area contributed by atoms with Crippen molar-refractivity contribution in [3.63, 3.8) is 0 Å². The van der Waals surface area contributed by atoms with E-state index in [1.165, 1.54) is 11.3 Å². The fraction of sp³-hybridized carbons (Fsp3) is 0.348. The SMILES string of the molecule is C=CCOc1cc(OCC=C)c(C(=O)c2ccsc2)c(CCOCCO)c1CC. The molecule has 0 atom stereocenters.